The zero-order valence-electron chi connectivity index (χ0n) is 16.7. The van der Waals surface area contributed by atoms with Crippen LogP contribution >= 0.6 is 23.2 Å². The minimum Gasteiger partial charge on any atom is -0.387 e. The highest BCUT2D eigenvalue weighted by Gasteiger charge is 2.35. The number of carbonyl (C=O) groups excluding carboxylic acids is 1. The van der Waals surface area contributed by atoms with E-state index in [0.717, 1.165) is 42.0 Å². The Kier molecular flexibility index (Phi) is 6.27. The van der Waals surface area contributed by atoms with E-state index in [1.165, 1.54) is 6.33 Å². The molecule has 0 spiro atoms. The monoisotopic (exact) mass is 449 g/mol. The molecule has 1 fully saturated rings. The molecule has 4 atom stereocenters. The standard InChI is InChI=1S/C21H25Cl2N5O2/c1-12-8-17(30)19-18(12)21(26-11-25-19)28-6-4-27(5-7-28)20(24)14(10-29)13-2-3-15(22)16(23)9-13/h2-3,9-12,14,17,20,30H,4-8,24H2,1H3/t12-,14?,17-,20?/m1/s1. The number of halogens is 2. The number of nitrogens with zero attached hydrogens (tertiary/aromatic N) is 4. The molecule has 1 saturated heterocycles. The van der Waals surface area contributed by atoms with Crippen LogP contribution in [0.1, 0.15) is 48.1 Å². The van der Waals surface area contributed by atoms with Crippen molar-refractivity contribution < 1.29 is 9.90 Å². The summed E-state index contributed by atoms with van der Waals surface area (Å²) in [4.78, 5) is 25.0. The molecule has 160 valence electrons. The van der Waals surface area contributed by atoms with Gasteiger partial charge in [-0.15, -0.1) is 0 Å². The molecule has 1 aliphatic heterocycles. The fourth-order valence-electron chi connectivity index (χ4n) is 4.49. The zero-order chi connectivity index (χ0) is 21.4. The van der Waals surface area contributed by atoms with Crippen LogP contribution in [0.5, 0.6) is 0 Å². The van der Waals surface area contributed by atoms with Crippen LogP contribution in [0.15, 0.2) is 24.5 Å². The summed E-state index contributed by atoms with van der Waals surface area (Å²) in [5, 5.41) is 11.1. The largest absolute Gasteiger partial charge is 0.387 e. The molecule has 2 aliphatic rings. The van der Waals surface area contributed by atoms with Gasteiger partial charge in [-0.2, -0.15) is 0 Å². The number of benzene rings is 1. The molecule has 1 aromatic carbocycles. The molecule has 9 heteroatoms. The van der Waals surface area contributed by atoms with Crippen molar-refractivity contribution in [3.63, 3.8) is 0 Å². The van der Waals surface area contributed by atoms with Gasteiger partial charge in [-0.1, -0.05) is 36.2 Å². The van der Waals surface area contributed by atoms with Crippen LogP contribution in [-0.4, -0.2) is 58.6 Å². The van der Waals surface area contributed by atoms with Crippen molar-refractivity contribution in [1.29, 1.82) is 0 Å². The molecule has 30 heavy (non-hydrogen) atoms. The smallest absolute Gasteiger partial charge is 0.135 e. The lowest BCUT2D eigenvalue weighted by atomic mass is 9.96. The van der Waals surface area contributed by atoms with E-state index in [2.05, 4.69) is 26.7 Å². The third kappa shape index (κ3) is 3.92. The SMILES string of the molecule is C[C@@H]1C[C@@H](O)c2ncnc(N3CCN(C(N)C(C=O)c4ccc(Cl)c(Cl)c4)CC3)c21. The summed E-state index contributed by atoms with van der Waals surface area (Å²) in [5.41, 5.74) is 9.02. The van der Waals surface area contributed by atoms with Crippen LogP contribution in [-0.2, 0) is 4.79 Å². The lowest BCUT2D eigenvalue weighted by Crippen LogP contribution is -2.55. The number of fused-ring (bicyclic) bond motifs is 1. The summed E-state index contributed by atoms with van der Waals surface area (Å²) < 4.78 is 0. The van der Waals surface area contributed by atoms with Crippen molar-refractivity contribution in [2.45, 2.75) is 37.5 Å². The van der Waals surface area contributed by atoms with Crippen LogP contribution in [0.4, 0.5) is 5.82 Å². The number of nitrogens with two attached hydrogens (primary N) is 1. The second-order valence-electron chi connectivity index (χ2n) is 8.00. The lowest BCUT2D eigenvalue weighted by Gasteiger charge is -2.40. The van der Waals surface area contributed by atoms with Crippen LogP contribution in [0.2, 0.25) is 10.0 Å². The van der Waals surface area contributed by atoms with Gasteiger partial charge in [-0.25, -0.2) is 9.97 Å². The lowest BCUT2D eigenvalue weighted by molar-refractivity contribution is -0.110. The first-order chi connectivity index (χ1) is 14.4. The van der Waals surface area contributed by atoms with E-state index in [-0.39, 0.29) is 5.92 Å². The highest BCUT2D eigenvalue weighted by Crippen LogP contribution is 2.42. The summed E-state index contributed by atoms with van der Waals surface area (Å²) >= 11 is 12.1. The van der Waals surface area contributed by atoms with Gasteiger partial charge in [0.25, 0.3) is 0 Å². The van der Waals surface area contributed by atoms with E-state index >= 15 is 0 Å². The molecule has 1 aliphatic carbocycles. The van der Waals surface area contributed by atoms with Crippen molar-refractivity contribution in [3.8, 4) is 0 Å². The quantitative estimate of drug-likeness (QED) is 0.677. The zero-order valence-corrected chi connectivity index (χ0v) is 18.2. The maximum absolute atomic E-state index is 11.8. The maximum Gasteiger partial charge on any atom is 0.135 e. The number of aromatic nitrogens is 2. The minimum atomic E-state index is -0.522. The van der Waals surface area contributed by atoms with E-state index in [1.54, 1.807) is 18.2 Å². The predicted molar refractivity (Wildman–Crippen MR) is 117 cm³/mol. The van der Waals surface area contributed by atoms with E-state index in [9.17, 15) is 9.90 Å². The number of hydrogen-bond acceptors (Lipinski definition) is 7. The van der Waals surface area contributed by atoms with Crippen molar-refractivity contribution in [1.82, 2.24) is 14.9 Å². The number of aldehydes is 1. The van der Waals surface area contributed by atoms with Gasteiger partial charge in [-0.3, -0.25) is 4.90 Å². The molecule has 7 nitrogen and oxygen atoms in total. The van der Waals surface area contributed by atoms with Crippen LogP contribution in [0.3, 0.4) is 0 Å². The molecule has 2 aromatic rings. The normalized spacial score (nSPS) is 23.8. The fourth-order valence-corrected chi connectivity index (χ4v) is 4.80. The van der Waals surface area contributed by atoms with Crippen LogP contribution < -0.4 is 10.6 Å². The van der Waals surface area contributed by atoms with Gasteiger partial charge in [-0.05, 0) is 30.0 Å². The second kappa shape index (κ2) is 8.77. The van der Waals surface area contributed by atoms with Crippen molar-refractivity contribution >= 4 is 35.3 Å². The number of anilines is 1. The summed E-state index contributed by atoms with van der Waals surface area (Å²) in [6.45, 7) is 4.95. The molecule has 2 unspecified atom stereocenters. The summed E-state index contributed by atoms with van der Waals surface area (Å²) in [6, 6.07) is 5.18. The Hall–Kier alpha value is -1.77. The van der Waals surface area contributed by atoms with Crippen molar-refractivity contribution in [2.75, 3.05) is 31.1 Å². The highest BCUT2D eigenvalue weighted by molar-refractivity contribution is 6.42. The van der Waals surface area contributed by atoms with Crippen LogP contribution in [0.25, 0.3) is 0 Å². The van der Waals surface area contributed by atoms with E-state index in [1.807, 2.05) is 0 Å². The molecular formula is C21H25Cl2N5O2. The number of carbonyl (C=O) groups is 1. The number of piperazine rings is 1. The van der Waals surface area contributed by atoms with Gasteiger partial charge >= 0.3 is 0 Å². The molecule has 1 aromatic heterocycles. The van der Waals surface area contributed by atoms with Gasteiger partial charge in [0.15, 0.2) is 0 Å². The van der Waals surface area contributed by atoms with Gasteiger partial charge in [0, 0.05) is 31.7 Å². The van der Waals surface area contributed by atoms with E-state index in [4.69, 9.17) is 28.9 Å². The Morgan fingerprint density at radius 1 is 1.20 bits per heavy atom. The van der Waals surface area contributed by atoms with Gasteiger partial charge in [0.1, 0.15) is 18.4 Å². The topological polar surface area (TPSA) is 95.6 Å². The number of aliphatic hydroxyl groups is 1. The average molecular weight is 450 g/mol. The van der Waals surface area contributed by atoms with Crippen LogP contribution in [0, 0.1) is 0 Å². The molecule has 0 saturated carbocycles. The van der Waals surface area contributed by atoms with Gasteiger partial charge < -0.3 is 20.5 Å². The molecule has 0 radical (unpaired) electrons. The third-order valence-corrected chi connectivity index (χ3v) is 6.90. The van der Waals surface area contributed by atoms with E-state index < -0.39 is 18.2 Å². The average Bonchev–Trinajstić information content (AvgIpc) is 3.05. The summed E-state index contributed by atoms with van der Waals surface area (Å²) in [6.07, 6.45) is 2.10. The highest BCUT2D eigenvalue weighted by atomic mass is 35.5. The molecule has 4 rings (SSSR count). The first-order valence-corrected chi connectivity index (χ1v) is 10.8. The number of rotatable bonds is 5. The van der Waals surface area contributed by atoms with Crippen molar-refractivity contribution in [3.05, 3.63) is 51.4 Å². The molecular weight excluding hydrogens is 425 g/mol. The Morgan fingerprint density at radius 3 is 2.60 bits per heavy atom. The molecule has 3 N–H and O–H groups in total. The Morgan fingerprint density at radius 2 is 1.93 bits per heavy atom. The Labute approximate surface area is 185 Å². The fraction of sp³-hybridized carbons (Fsp3) is 0.476. The van der Waals surface area contributed by atoms with E-state index in [0.29, 0.717) is 29.6 Å². The molecule has 0 amide bonds. The summed E-state index contributed by atoms with van der Waals surface area (Å²) in [5.74, 6) is 0.624. The number of aliphatic hydroxyl groups excluding tert-OH is 1. The summed E-state index contributed by atoms with van der Waals surface area (Å²) in [7, 11) is 0. The van der Waals surface area contributed by atoms with Gasteiger partial charge in [0.05, 0.1) is 33.9 Å². The predicted octanol–water partition coefficient (Wildman–Crippen LogP) is 2.71. The first kappa shape index (κ1) is 21.5. The van der Waals surface area contributed by atoms with Gasteiger partial charge in [0.2, 0.25) is 0 Å². The number of hydrogen-bond donors (Lipinski definition) is 2. The van der Waals surface area contributed by atoms with Crippen molar-refractivity contribution in [2.24, 2.45) is 5.73 Å². The third-order valence-electron chi connectivity index (χ3n) is 6.16. The Bertz CT molecular complexity index is 936. The molecule has 0 bridgehead atoms. The second-order valence-corrected chi connectivity index (χ2v) is 8.81. The molecule has 2 heterocycles. The maximum atomic E-state index is 11.8. The first-order valence-electron chi connectivity index (χ1n) is 10.1. The minimum absolute atomic E-state index is 0.223. The Balaban J connectivity index is 1.47.